The number of piperidine rings is 1. The molecular formula is C15H27N5. The molecule has 0 aromatic carbocycles. The predicted octanol–water partition coefficient (Wildman–Crippen LogP) is 1.21. The van der Waals surface area contributed by atoms with E-state index in [0.717, 1.165) is 37.5 Å². The van der Waals surface area contributed by atoms with Crippen LogP contribution in [0.25, 0.3) is 0 Å². The summed E-state index contributed by atoms with van der Waals surface area (Å²) >= 11 is 0. The first-order valence-electron chi connectivity index (χ1n) is 8.04. The van der Waals surface area contributed by atoms with E-state index in [2.05, 4.69) is 28.5 Å². The van der Waals surface area contributed by atoms with Crippen molar-refractivity contribution in [2.24, 2.45) is 11.7 Å². The number of rotatable bonds is 3. The van der Waals surface area contributed by atoms with Crippen molar-refractivity contribution in [1.82, 2.24) is 19.7 Å². The highest BCUT2D eigenvalue weighted by molar-refractivity contribution is 5.00. The van der Waals surface area contributed by atoms with Gasteiger partial charge in [0.15, 0.2) is 5.82 Å². The molecule has 20 heavy (non-hydrogen) atoms. The van der Waals surface area contributed by atoms with Crippen molar-refractivity contribution >= 4 is 0 Å². The Labute approximate surface area is 121 Å². The summed E-state index contributed by atoms with van der Waals surface area (Å²) in [5.41, 5.74) is 6.01. The van der Waals surface area contributed by atoms with Gasteiger partial charge in [0.25, 0.3) is 0 Å². The number of nitrogens with two attached hydrogens (primary N) is 1. The molecule has 0 spiro atoms. The topological polar surface area (TPSA) is 60.0 Å². The van der Waals surface area contributed by atoms with Crippen molar-refractivity contribution in [3.8, 4) is 0 Å². The molecule has 2 atom stereocenters. The second kappa shape index (κ2) is 5.82. The fourth-order valence-corrected chi connectivity index (χ4v) is 3.46. The molecule has 1 fully saturated rings. The van der Waals surface area contributed by atoms with Gasteiger partial charge in [0.2, 0.25) is 0 Å². The molecule has 3 rings (SSSR count). The van der Waals surface area contributed by atoms with Crippen LogP contribution in [0.2, 0.25) is 0 Å². The van der Waals surface area contributed by atoms with Gasteiger partial charge in [-0.2, -0.15) is 5.10 Å². The maximum atomic E-state index is 6.01. The molecule has 112 valence electrons. The Kier molecular flexibility index (Phi) is 4.08. The summed E-state index contributed by atoms with van der Waals surface area (Å²) in [5, 5.41) is 4.68. The Balaban J connectivity index is 1.63. The van der Waals surface area contributed by atoms with Gasteiger partial charge < -0.3 is 10.6 Å². The summed E-state index contributed by atoms with van der Waals surface area (Å²) in [5.74, 6) is 2.84. The molecule has 0 radical (unpaired) electrons. The Bertz CT molecular complexity index is 453. The maximum absolute atomic E-state index is 6.01. The minimum Gasteiger partial charge on any atom is -0.327 e. The molecular weight excluding hydrogens is 250 g/mol. The third-order valence-corrected chi connectivity index (χ3v) is 4.70. The summed E-state index contributed by atoms with van der Waals surface area (Å²) in [6, 6.07) is 0.921. The van der Waals surface area contributed by atoms with Crippen molar-refractivity contribution in [2.75, 3.05) is 13.1 Å². The van der Waals surface area contributed by atoms with Crippen LogP contribution in [0.4, 0.5) is 0 Å². The lowest BCUT2D eigenvalue weighted by Crippen LogP contribution is -2.40. The Morgan fingerprint density at radius 3 is 2.95 bits per heavy atom. The number of fused-ring (bicyclic) bond motifs is 1. The average molecular weight is 277 g/mol. The highest BCUT2D eigenvalue weighted by atomic mass is 15.4. The molecule has 0 bridgehead atoms. The summed E-state index contributed by atoms with van der Waals surface area (Å²) < 4.78 is 2.07. The predicted molar refractivity (Wildman–Crippen MR) is 79.5 cm³/mol. The smallest absolute Gasteiger partial charge is 0.151 e. The van der Waals surface area contributed by atoms with E-state index in [1.54, 1.807) is 0 Å². The van der Waals surface area contributed by atoms with Crippen LogP contribution < -0.4 is 5.73 Å². The molecule has 2 aliphatic rings. The quantitative estimate of drug-likeness (QED) is 0.902. The van der Waals surface area contributed by atoms with Crippen molar-refractivity contribution < 1.29 is 0 Å². The van der Waals surface area contributed by atoms with Crippen molar-refractivity contribution in [3.63, 3.8) is 0 Å². The Morgan fingerprint density at radius 2 is 2.15 bits per heavy atom. The van der Waals surface area contributed by atoms with E-state index in [1.807, 2.05) is 0 Å². The largest absolute Gasteiger partial charge is 0.327 e. The zero-order chi connectivity index (χ0) is 14.1. The molecule has 1 saturated heterocycles. The fraction of sp³-hybridized carbons (Fsp3) is 0.867. The summed E-state index contributed by atoms with van der Waals surface area (Å²) in [6.07, 6.45) is 5.56. The Hall–Kier alpha value is -0.940. The lowest BCUT2D eigenvalue weighted by Gasteiger charge is -2.35. The number of hydrogen-bond acceptors (Lipinski definition) is 4. The first-order valence-corrected chi connectivity index (χ1v) is 8.04. The lowest BCUT2D eigenvalue weighted by molar-refractivity contribution is 0.138. The third-order valence-electron chi connectivity index (χ3n) is 4.70. The van der Waals surface area contributed by atoms with Crippen molar-refractivity contribution in [3.05, 3.63) is 11.6 Å². The van der Waals surface area contributed by atoms with Crippen LogP contribution in [0.5, 0.6) is 0 Å². The monoisotopic (exact) mass is 277 g/mol. The first kappa shape index (κ1) is 14.0. The van der Waals surface area contributed by atoms with Crippen molar-refractivity contribution in [2.45, 2.75) is 64.6 Å². The molecule has 2 unspecified atom stereocenters. The molecule has 0 amide bonds. The molecule has 3 heterocycles. The van der Waals surface area contributed by atoms with Crippen LogP contribution in [0.15, 0.2) is 0 Å². The molecule has 1 aromatic heterocycles. The molecule has 2 aliphatic heterocycles. The van der Waals surface area contributed by atoms with E-state index in [0.29, 0.717) is 12.0 Å². The number of hydrogen-bond donors (Lipinski definition) is 1. The first-order chi connectivity index (χ1) is 9.61. The zero-order valence-electron chi connectivity index (χ0n) is 12.8. The van der Waals surface area contributed by atoms with Gasteiger partial charge >= 0.3 is 0 Å². The minimum absolute atomic E-state index is 0.269. The maximum Gasteiger partial charge on any atom is 0.151 e. The SMILES string of the molecule is CC(C)N1CCCC(Cc2nc3n(n2)CCC(N)C3)C1. The fourth-order valence-electron chi connectivity index (χ4n) is 3.46. The standard InChI is InChI=1S/C15H27N5/c1-11(2)19-6-3-4-12(10-19)8-14-17-15-9-13(16)5-7-20(15)18-14/h11-13H,3-10,16H2,1-2H3. The van der Waals surface area contributed by atoms with Crippen LogP contribution in [-0.2, 0) is 19.4 Å². The average Bonchev–Trinajstić information content (AvgIpc) is 2.80. The minimum atomic E-state index is 0.269. The van der Waals surface area contributed by atoms with Gasteiger partial charge in [-0.25, -0.2) is 9.67 Å². The van der Waals surface area contributed by atoms with Crippen LogP contribution in [-0.4, -0.2) is 44.8 Å². The summed E-state index contributed by atoms with van der Waals surface area (Å²) in [7, 11) is 0. The second-order valence-electron chi connectivity index (χ2n) is 6.72. The third kappa shape index (κ3) is 3.04. The van der Waals surface area contributed by atoms with E-state index in [-0.39, 0.29) is 6.04 Å². The number of aromatic nitrogens is 3. The van der Waals surface area contributed by atoms with E-state index in [1.165, 1.54) is 25.9 Å². The zero-order valence-corrected chi connectivity index (χ0v) is 12.8. The summed E-state index contributed by atoms with van der Waals surface area (Å²) in [4.78, 5) is 7.30. The van der Waals surface area contributed by atoms with Gasteiger partial charge in [0, 0.05) is 38.0 Å². The van der Waals surface area contributed by atoms with Crippen molar-refractivity contribution in [1.29, 1.82) is 0 Å². The van der Waals surface area contributed by atoms with Crippen LogP contribution in [0.3, 0.4) is 0 Å². The second-order valence-corrected chi connectivity index (χ2v) is 6.72. The molecule has 5 nitrogen and oxygen atoms in total. The van der Waals surface area contributed by atoms with Gasteiger partial charge in [0.05, 0.1) is 0 Å². The number of aryl methyl sites for hydroxylation is 1. The number of likely N-dealkylation sites (tertiary alicyclic amines) is 1. The number of nitrogens with zero attached hydrogens (tertiary/aromatic N) is 4. The molecule has 5 heteroatoms. The van der Waals surface area contributed by atoms with E-state index in [9.17, 15) is 0 Å². The van der Waals surface area contributed by atoms with Crippen LogP contribution in [0.1, 0.15) is 44.8 Å². The van der Waals surface area contributed by atoms with E-state index in [4.69, 9.17) is 10.7 Å². The van der Waals surface area contributed by atoms with Gasteiger partial charge in [-0.15, -0.1) is 0 Å². The van der Waals surface area contributed by atoms with Crippen LogP contribution in [0, 0.1) is 5.92 Å². The molecule has 2 N–H and O–H groups in total. The molecule has 0 aliphatic carbocycles. The Morgan fingerprint density at radius 1 is 1.30 bits per heavy atom. The summed E-state index contributed by atoms with van der Waals surface area (Å²) in [6.45, 7) is 7.96. The highest BCUT2D eigenvalue weighted by Gasteiger charge is 2.25. The van der Waals surface area contributed by atoms with Gasteiger partial charge in [-0.3, -0.25) is 0 Å². The molecule has 0 saturated carbocycles. The normalized spacial score (nSPS) is 27.8. The van der Waals surface area contributed by atoms with Crippen LogP contribution >= 0.6 is 0 Å². The van der Waals surface area contributed by atoms with E-state index >= 15 is 0 Å². The highest BCUT2D eigenvalue weighted by Crippen LogP contribution is 2.22. The van der Waals surface area contributed by atoms with Gasteiger partial charge in [0.1, 0.15) is 5.82 Å². The van der Waals surface area contributed by atoms with Gasteiger partial charge in [-0.1, -0.05) is 0 Å². The van der Waals surface area contributed by atoms with Gasteiger partial charge in [-0.05, 0) is 45.6 Å². The molecule has 1 aromatic rings. The lowest BCUT2D eigenvalue weighted by atomic mass is 9.94. The van der Waals surface area contributed by atoms with E-state index < -0.39 is 0 Å².